The van der Waals surface area contributed by atoms with Gasteiger partial charge in [0.15, 0.2) is 0 Å². The summed E-state index contributed by atoms with van der Waals surface area (Å²) in [6.45, 7) is 6.49. The molecule has 3 aromatic carbocycles. The van der Waals surface area contributed by atoms with Gasteiger partial charge in [-0.3, -0.25) is 9.69 Å². The smallest absolute Gasteiger partial charge is 0.223 e. The molecule has 0 atom stereocenters. The molecule has 2 heterocycles. The van der Waals surface area contributed by atoms with Gasteiger partial charge in [0.05, 0.1) is 0 Å². The minimum atomic E-state index is 0.101. The second kappa shape index (κ2) is 11.4. The van der Waals surface area contributed by atoms with Crippen LogP contribution in [-0.4, -0.2) is 34.7 Å². The number of rotatable bonds is 8. The maximum atomic E-state index is 12.8. The predicted octanol–water partition coefficient (Wildman–Crippen LogP) is 6.25. The first kappa shape index (κ1) is 24.7. The molecule has 1 aliphatic heterocycles. The van der Waals surface area contributed by atoms with Crippen LogP contribution < -0.4 is 5.32 Å². The number of nitrogens with one attached hydrogen (secondary N) is 1. The number of likely N-dealkylation sites (tertiary alicyclic amines) is 1. The van der Waals surface area contributed by atoms with E-state index in [0.29, 0.717) is 6.54 Å². The maximum absolute atomic E-state index is 12.8. The van der Waals surface area contributed by atoms with Crippen LogP contribution in [0.1, 0.15) is 35.2 Å². The maximum Gasteiger partial charge on any atom is 0.223 e. The van der Waals surface area contributed by atoms with Crippen LogP contribution in [0.4, 0.5) is 0 Å². The zero-order valence-electron chi connectivity index (χ0n) is 21.2. The second-order valence-corrected chi connectivity index (χ2v) is 10.7. The molecule has 1 amide bonds. The van der Waals surface area contributed by atoms with E-state index >= 15 is 0 Å². The van der Waals surface area contributed by atoms with Gasteiger partial charge in [0.1, 0.15) is 0 Å². The van der Waals surface area contributed by atoms with Crippen LogP contribution in [0.3, 0.4) is 0 Å². The van der Waals surface area contributed by atoms with Crippen molar-refractivity contribution in [3.8, 4) is 0 Å². The SMILES string of the molecule is CSc1ccc(CNC(=O)C2CCN(Cc3cc4ccccc4n3Cc3ccccc3C)CC2)cc1. The van der Waals surface area contributed by atoms with Gasteiger partial charge in [0.25, 0.3) is 0 Å². The van der Waals surface area contributed by atoms with Crippen LogP contribution in [0, 0.1) is 12.8 Å². The summed E-state index contributed by atoms with van der Waals surface area (Å²) in [5, 5.41) is 4.45. The number of thioether (sulfide) groups is 1. The number of fused-ring (bicyclic) bond motifs is 1. The molecule has 0 saturated carbocycles. The molecule has 1 aliphatic rings. The summed E-state index contributed by atoms with van der Waals surface area (Å²) in [5.74, 6) is 0.293. The standard InChI is InChI=1S/C31H35N3OS/c1-23-7-3-4-9-27(23)21-34-28(19-26-8-5-6-10-30(26)34)22-33-17-15-25(16-18-33)31(35)32-20-24-11-13-29(36-2)14-12-24/h3-14,19,25H,15-18,20-22H2,1-2H3,(H,32,35). The first-order valence-electron chi connectivity index (χ1n) is 12.9. The Morgan fingerprint density at radius 3 is 2.42 bits per heavy atom. The van der Waals surface area contributed by atoms with E-state index in [-0.39, 0.29) is 11.8 Å². The third-order valence-electron chi connectivity index (χ3n) is 7.46. The zero-order valence-corrected chi connectivity index (χ0v) is 22.1. The summed E-state index contributed by atoms with van der Waals surface area (Å²) in [6, 6.07) is 28.1. The molecule has 4 nitrogen and oxygen atoms in total. The molecule has 4 aromatic rings. The van der Waals surface area contributed by atoms with Gasteiger partial charge < -0.3 is 9.88 Å². The number of carbonyl (C=O) groups is 1. The van der Waals surface area contributed by atoms with E-state index in [4.69, 9.17) is 0 Å². The molecule has 36 heavy (non-hydrogen) atoms. The van der Waals surface area contributed by atoms with Crippen molar-refractivity contribution in [3.63, 3.8) is 0 Å². The molecule has 0 unspecified atom stereocenters. The Kier molecular flexibility index (Phi) is 7.78. The molecular weight excluding hydrogens is 462 g/mol. The van der Waals surface area contributed by atoms with Crippen molar-refractivity contribution in [3.05, 3.63) is 101 Å². The van der Waals surface area contributed by atoms with Crippen molar-refractivity contribution in [1.29, 1.82) is 0 Å². The molecule has 5 rings (SSSR count). The number of nitrogens with zero attached hydrogens (tertiary/aromatic N) is 2. The molecule has 0 bridgehead atoms. The predicted molar refractivity (Wildman–Crippen MR) is 150 cm³/mol. The summed E-state index contributed by atoms with van der Waals surface area (Å²) in [5.41, 5.74) is 6.47. The molecule has 1 aromatic heterocycles. The lowest BCUT2D eigenvalue weighted by molar-refractivity contribution is -0.126. The van der Waals surface area contributed by atoms with Gasteiger partial charge in [-0.1, -0.05) is 54.6 Å². The van der Waals surface area contributed by atoms with Crippen LogP contribution in [-0.2, 0) is 24.4 Å². The van der Waals surface area contributed by atoms with Gasteiger partial charge in [-0.15, -0.1) is 11.8 Å². The Morgan fingerprint density at radius 1 is 0.944 bits per heavy atom. The van der Waals surface area contributed by atoms with Gasteiger partial charge in [-0.25, -0.2) is 0 Å². The highest BCUT2D eigenvalue weighted by Gasteiger charge is 2.25. The van der Waals surface area contributed by atoms with Crippen LogP contribution >= 0.6 is 11.8 Å². The van der Waals surface area contributed by atoms with E-state index < -0.39 is 0 Å². The largest absolute Gasteiger partial charge is 0.352 e. The second-order valence-electron chi connectivity index (χ2n) is 9.82. The van der Waals surface area contributed by atoms with Crippen molar-refractivity contribution in [2.24, 2.45) is 5.92 Å². The number of hydrogen-bond acceptors (Lipinski definition) is 3. The fourth-order valence-corrected chi connectivity index (χ4v) is 5.61. The fraction of sp³-hybridized carbons (Fsp3) is 0.323. The van der Waals surface area contributed by atoms with Crippen molar-refractivity contribution in [1.82, 2.24) is 14.8 Å². The Labute approximate surface area is 218 Å². The highest BCUT2D eigenvalue weighted by Crippen LogP contribution is 2.26. The number of piperidine rings is 1. The van der Waals surface area contributed by atoms with Crippen LogP contribution in [0.15, 0.2) is 83.8 Å². The number of aromatic nitrogens is 1. The number of amides is 1. The lowest BCUT2D eigenvalue weighted by Crippen LogP contribution is -2.40. The van der Waals surface area contributed by atoms with Crippen LogP contribution in [0.5, 0.6) is 0 Å². The van der Waals surface area contributed by atoms with E-state index in [9.17, 15) is 4.79 Å². The molecule has 5 heteroatoms. The summed E-state index contributed by atoms with van der Waals surface area (Å²) < 4.78 is 2.47. The molecule has 0 radical (unpaired) electrons. The van der Waals surface area contributed by atoms with Crippen molar-refractivity contribution in [2.75, 3.05) is 19.3 Å². The van der Waals surface area contributed by atoms with Crippen molar-refractivity contribution >= 4 is 28.6 Å². The van der Waals surface area contributed by atoms with E-state index in [0.717, 1.165) is 44.6 Å². The Bertz CT molecular complexity index is 1320. The van der Waals surface area contributed by atoms with Gasteiger partial charge in [0, 0.05) is 41.7 Å². The Balaban J connectivity index is 1.20. The Hall–Kier alpha value is -3.02. The molecule has 0 spiro atoms. The number of para-hydroxylation sites is 1. The van der Waals surface area contributed by atoms with Crippen molar-refractivity contribution in [2.45, 2.75) is 44.3 Å². The van der Waals surface area contributed by atoms with Crippen molar-refractivity contribution < 1.29 is 4.79 Å². The minimum Gasteiger partial charge on any atom is -0.352 e. The minimum absolute atomic E-state index is 0.101. The highest BCUT2D eigenvalue weighted by molar-refractivity contribution is 7.98. The third kappa shape index (κ3) is 5.69. The van der Waals surface area contributed by atoms with Gasteiger partial charge in [-0.2, -0.15) is 0 Å². The van der Waals surface area contributed by atoms with Gasteiger partial charge in [-0.05, 0) is 85.5 Å². The topological polar surface area (TPSA) is 37.3 Å². The monoisotopic (exact) mass is 497 g/mol. The number of carbonyl (C=O) groups excluding carboxylic acids is 1. The number of hydrogen-bond donors (Lipinski definition) is 1. The normalized spacial score (nSPS) is 14.8. The fourth-order valence-electron chi connectivity index (χ4n) is 5.20. The average Bonchev–Trinajstić information content (AvgIpc) is 3.26. The summed E-state index contributed by atoms with van der Waals surface area (Å²) in [6.07, 6.45) is 3.90. The van der Waals surface area contributed by atoms with E-state index in [2.05, 4.69) is 107 Å². The van der Waals surface area contributed by atoms with E-state index in [1.165, 1.54) is 32.6 Å². The van der Waals surface area contributed by atoms with E-state index in [1.54, 1.807) is 11.8 Å². The lowest BCUT2D eigenvalue weighted by atomic mass is 9.95. The van der Waals surface area contributed by atoms with Gasteiger partial charge >= 0.3 is 0 Å². The summed E-state index contributed by atoms with van der Waals surface area (Å²) in [7, 11) is 0. The molecule has 1 fully saturated rings. The zero-order chi connectivity index (χ0) is 24.9. The first-order chi connectivity index (χ1) is 17.6. The average molecular weight is 498 g/mol. The van der Waals surface area contributed by atoms with E-state index in [1.807, 2.05) is 0 Å². The molecule has 0 aliphatic carbocycles. The number of benzene rings is 3. The number of aryl methyl sites for hydroxylation is 1. The summed E-state index contributed by atoms with van der Waals surface area (Å²) >= 11 is 1.73. The molecule has 186 valence electrons. The molecule has 1 saturated heterocycles. The van der Waals surface area contributed by atoms with Crippen LogP contribution in [0.2, 0.25) is 0 Å². The molecule has 1 N–H and O–H groups in total. The Morgan fingerprint density at radius 2 is 1.67 bits per heavy atom. The lowest BCUT2D eigenvalue weighted by Gasteiger charge is -2.31. The van der Waals surface area contributed by atoms with Gasteiger partial charge in [0.2, 0.25) is 5.91 Å². The first-order valence-corrected chi connectivity index (χ1v) is 14.1. The molecular formula is C31H35N3OS. The van der Waals surface area contributed by atoms with Crippen LogP contribution in [0.25, 0.3) is 10.9 Å². The quantitative estimate of drug-likeness (QED) is 0.293. The third-order valence-corrected chi connectivity index (χ3v) is 8.20. The summed E-state index contributed by atoms with van der Waals surface area (Å²) in [4.78, 5) is 16.6. The highest BCUT2D eigenvalue weighted by atomic mass is 32.2.